The van der Waals surface area contributed by atoms with Crippen molar-refractivity contribution >= 4 is 43.6 Å². The summed E-state index contributed by atoms with van der Waals surface area (Å²) in [5.74, 6) is 0. The highest BCUT2D eigenvalue weighted by atomic mass is 19.4. The molecule has 8 aromatic carbocycles. The van der Waals surface area contributed by atoms with Crippen molar-refractivity contribution in [3.63, 3.8) is 0 Å². The summed E-state index contributed by atoms with van der Waals surface area (Å²) in [6, 6.07) is 56.2. The molecule has 0 aliphatic heterocycles. The van der Waals surface area contributed by atoms with Gasteiger partial charge in [0, 0.05) is 21.5 Å². The predicted octanol–water partition coefficient (Wildman–Crippen LogP) is 14.3. The molecule has 0 N–H and O–H groups in total. The summed E-state index contributed by atoms with van der Waals surface area (Å²) >= 11 is 0. The Bertz CT molecular complexity index is 3260. The molecular weight excluding hydrogens is 750 g/mol. The summed E-state index contributed by atoms with van der Waals surface area (Å²) in [5.41, 5.74) is 9.65. The topological polar surface area (TPSA) is 57.4 Å². The van der Waals surface area contributed by atoms with E-state index in [0.717, 1.165) is 83.1 Å². The van der Waals surface area contributed by atoms with E-state index < -0.39 is 11.7 Å². The maximum absolute atomic E-state index is 15.1. The third kappa shape index (κ3) is 5.91. The molecular formula is C53H33F3N4. The molecule has 0 spiro atoms. The monoisotopic (exact) mass is 782 g/mol. The summed E-state index contributed by atoms with van der Waals surface area (Å²) in [6.45, 7) is 4.08. The second-order valence-electron chi connectivity index (χ2n) is 15.3. The van der Waals surface area contributed by atoms with Gasteiger partial charge in [-0.3, -0.25) is 0 Å². The van der Waals surface area contributed by atoms with Gasteiger partial charge in [0.1, 0.15) is 11.6 Å². The van der Waals surface area contributed by atoms with Gasteiger partial charge in [0.2, 0.25) is 0 Å². The molecule has 0 bridgehead atoms. The largest absolute Gasteiger partial charge is 0.417 e. The number of benzene rings is 8. The molecule has 0 aliphatic rings. The zero-order valence-corrected chi connectivity index (χ0v) is 32.5. The Morgan fingerprint density at radius 3 is 1.33 bits per heavy atom. The van der Waals surface area contributed by atoms with Crippen LogP contribution in [-0.2, 0) is 6.18 Å². The first-order chi connectivity index (χ1) is 29.1. The number of hydrogen-bond donors (Lipinski definition) is 0. The van der Waals surface area contributed by atoms with E-state index in [1.807, 2.05) is 77.6 Å². The lowest BCUT2D eigenvalue weighted by atomic mass is 9.94. The molecule has 0 unspecified atom stereocenters. The number of hydrogen-bond acceptors (Lipinski definition) is 2. The van der Waals surface area contributed by atoms with Gasteiger partial charge in [-0.1, -0.05) is 126 Å². The van der Waals surface area contributed by atoms with E-state index in [2.05, 4.69) is 91.0 Å². The zero-order chi connectivity index (χ0) is 41.3. The molecule has 2 heterocycles. The Labute approximate surface area is 343 Å². The number of rotatable bonds is 5. The summed E-state index contributed by atoms with van der Waals surface area (Å²) in [5, 5.41) is 24.8. The van der Waals surface area contributed by atoms with Gasteiger partial charge >= 0.3 is 6.18 Å². The van der Waals surface area contributed by atoms with Crippen molar-refractivity contribution in [2.45, 2.75) is 20.0 Å². The van der Waals surface area contributed by atoms with Crippen LogP contribution in [0.3, 0.4) is 0 Å². The molecule has 7 heteroatoms. The molecule has 10 rings (SSSR count). The first-order valence-electron chi connectivity index (χ1n) is 19.5. The van der Waals surface area contributed by atoms with Crippen molar-refractivity contribution in [2.24, 2.45) is 0 Å². The number of aryl methyl sites for hydroxylation is 2. The van der Waals surface area contributed by atoms with Crippen molar-refractivity contribution in [3.8, 4) is 56.9 Å². The fourth-order valence-electron chi connectivity index (χ4n) is 8.65. The van der Waals surface area contributed by atoms with Gasteiger partial charge in [0.05, 0.1) is 50.6 Å². The first-order valence-corrected chi connectivity index (χ1v) is 19.5. The summed E-state index contributed by atoms with van der Waals surface area (Å²) in [6.07, 6.45) is -4.78. The third-order valence-electron chi connectivity index (χ3n) is 11.6. The van der Waals surface area contributed by atoms with E-state index in [0.29, 0.717) is 11.4 Å². The van der Waals surface area contributed by atoms with Crippen molar-refractivity contribution in [3.05, 3.63) is 192 Å². The van der Waals surface area contributed by atoms with Gasteiger partial charge < -0.3 is 9.13 Å². The highest BCUT2D eigenvalue weighted by molar-refractivity contribution is 6.12. The minimum Gasteiger partial charge on any atom is -0.308 e. The SMILES string of the molecule is Cc1ccc(-c2ccc3c4ccccc4n(-c4cc(-c5ccc(C#N)cc5C(F)(F)F)cc(-n5c6ccccc6c6ccc(-c7ccc(C)cc7)cc65)c4C#N)c3c2)cc1. The van der Waals surface area contributed by atoms with E-state index >= 15 is 13.2 Å². The van der Waals surface area contributed by atoms with E-state index in [1.165, 1.54) is 12.1 Å². The lowest BCUT2D eigenvalue weighted by Gasteiger charge is -2.20. The summed E-state index contributed by atoms with van der Waals surface area (Å²) in [4.78, 5) is 0. The van der Waals surface area contributed by atoms with Gasteiger partial charge in [0.15, 0.2) is 0 Å². The van der Waals surface area contributed by atoms with Crippen LogP contribution in [0.15, 0.2) is 164 Å². The average molecular weight is 783 g/mol. The Kier molecular flexibility index (Phi) is 8.45. The van der Waals surface area contributed by atoms with Crippen LogP contribution in [0.4, 0.5) is 13.2 Å². The third-order valence-corrected chi connectivity index (χ3v) is 11.6. The van der Waals surface area contributed by atoms with Gasteiger partial charge in [-0.2, -0.15) is 23.7 Å². The number of aromatic nitrogens is 2. The van der Waals surface area contributed by atoms with Crippen molar-refractivity contribution in [2.75, 3.05) is 0 Å². The number of halogens is 3. The Balaban J connectivity index is 1.36. The van der Waals surface area contributed by atoms with E-state index in [1.54, 1.807) is 12.1 Å². The standard InChI is InChI=1S/C53H33F3N4/c1-32-11-16-35(17-12-32)37-20-23-43-41-7-3-5-9-47(41)59(49(43)26-37)51-28-39(40-22-15-34(30-57)25-46(40)53(54,55)56)29-52(45(51)31-58)60-48-10-6-4-8-42(48)44-24-21-38(27-50(44)60)36-18-13-33(2)14-19-36/h3-29H,1-2H3. The molecule has 0 atom stereocenters. The van der Waals surface area contributed by atoms with Crippen LogP contribution in [0.25, 0.3) is 88.4 Å². The van der Waals surface area contributed by atoms with Gasteiger partial charge in [0.25, 0.3) is 0 Å². The predicted molar refractivity (Wildman–Crippen MR) is 235 cm³/mol. The minimum atomic E-state index is -4.78. The molecule has 4 nitrogen and oxygen atoms in total. The summed E-state index contributed by atoms with van der Waals surface area (Å²) < 4.78 is 49.2. The van der Waals surface area contributed by atoms with Crippen molar-refractivity contribution in [1.29, 1.82) is 10.5 Å². The highest BCUT2D eigenvalue weighted by Gasteiger charge is 2.35. The van der Waals surface area contributed by atoms with Crippen LogP contribution in [0, 0.1) is 36.5 Å². The molecule has 2 aromatic heterocycles. The fourth-order valence-corrected chi connectivity index (χ4v) is 8.65. The average Bonchev–Trinajstić information content (AvgIpc) is 3.78. The fraction of sp³-hybridized carbons (Fsp3) is 0.0566. The van der Waals surface area contributed by atoms with Crippen LogP contribution >= 0.6 is 0 Å². The van der Waals surface area contributed by atoms with Crippen LogP contribution in [0.2, 0.25) is 0 Å². The molecule has 0 aliphatic carbocycles. The molecule has 0 radical (unpaired) electrons. The molecule has 0 fully saturated rings. The lowest BCUT2D eigenvalue weighted by Crippen LogP contribution is -2.09. The maximum atomic E-state index is 15.1. The Morgan fingerprint density at radius 2 is 0.883 bits per heavy atom. The quantitative estimate of drug-likeness (QED) is 0.175. The van der Waals surface area contributed by atoms with E-state index in [4.69, 9.17) is 0 Å². The molecule has 0 amide bonds. The number of nitriles is 2. The Hall–Kier alpha value is -7.87. The molecule has 10 aromatic rings. The highest BCUT2D eigenvalue weighted by Crippen LogP contribution is 2.44. The van der Waals surface area contributed by atoms with Crippen LogP contribution < -0.4 is 0 Å². The number of nitrogens with zero attached hydrogens (tertiary/aromatic N) is 4. The normalized spacial score (nSPS) is 11.7. The molecule has 60 heavy (non-hydrogen) atoms. The number of alkyl halides is 3. The van der Waals surface area contributed by atoms with E-state index in [-0.39, 0.29) is 22.3 Å². The van der Waals surface area contributed by atoms with Gasteiger partial charge in [-0.05, 0) is 95.8 Å². The van der Waals surface area contributed by atoms with Crippen molar-refractivity contribution in [1.82, 2.24) is 9.13 Å². The maximum Gasteiger partial charge on any atom is 0.417 e. The Morgan fingerprint density at radius 1 is 0.433 bits per heavy atom. The first kappa shape index (κ1) is 36.5. The van der Waals surface area contributed by atoms with Crippen LogP contribution in [0.5, 0.6) is 0 Å². The molecule has 286 valence electrons. The second-order valence-corrected chi connectivity index (χ2v) is 15.3. The van der Waals surface area contributed by atoms with Crippen molar-refractivity contribution < 1.29 is 13.2 Å². The molecule has 0 saturated heterocycles. The number of fused-ring (bicyclic) bond motifs is 6. The molecule has 0 saturated carbocycles. The number of para-hydroxylation sites is 2. The van der Waals surface area contributed by atoms with Gasteiger partial charge in [-0.15, -0.1) is 0 Å². The smallest absolute Gasteiger partial charge is 0.308 e. The second kappa shape index (κ2) is 13.9. The van der Waals surface area contributed by atoms with Crippen LogP contribution in [-0.4, -0.2) is 9.13 Å². The summed E-state index contributed by atoms with van der Waals surface area (Å²) in [7, 11) is 0. The van der Waals surface area contributed by atoms with E-state index in [9.17, 15) is 10.5 Å². The lowest BCUT2D eigenvalue weighted by molar-refractivity contribution is -0.137. The zero-order valence-electron chi connectivity index (χ0n) is 32.5. The van der Waals surface area contributed by atoms with Crippen LogP contribution in [0.1, 0.15) is 27.8 Å². The van der Waals surface area contributed by atoms with Gasteiger partial charge in [-0.25, -0.2) is 0 Å². The minimum absolute atomic E-state index is 0.0998.